The van der Waals surface area contributed by atoms with Crippen molar-refractivity contribution in [2.75, 3.05) is 5.75 Å². The van der Waals surface area contributed by atoms with Gasteiger partial charge in [-0.25, -0.2) is 13.4 Å². The molecule has 10 nitrogen and oxygen atoms in total. The second-order valence-corrected chi connectivity index (χ2v) is 16.8. The minimum atomic E-state index is -3.86. The van der Waals surface area contributed by atoms with E-state index in [2.05, 4.69) is 20.6 Å². The number of aromatic nitrogens is 2. The van der Waals surface area contributed by atoms with Gasteiger partial charge in [-0.1, -0.05) is 74.7 Å². The van der Waals surface area contributed by atoms with Crippen LogP contribution in [-0.4, -0.2) is 80.6 Å². The molecule has 0 radical (unpaired) electrons. The molecule has 4 rings (SSSR count). The van der Waals surface area contributed by atoms with Crippen LogP contribution < -0.4 is 10.6 Å². The zero-order valence-corrected chi connectivity index (χ0v) is 28.1. The standard InChI is InChI=1S/C33H48N4O6S2/c1-32(2,3)45(42,43)20-33(19-44,24-12-8-5-9-13-24)31(41)37-27(17-25-18-34-21-35-25)30(40)36-26(16-22-10-6-4-7-11-22)29(39)28(38)23-14-15-23/h5,8-9,12-13,18-19,21-23,26-29,38-39H,4,6-7,10-11,14-17,20H2,1-3H3,(H,34,35)(H,36,40)(H,37,41)/t26-,27-,28-,29+,33+/m0/s1. The highest BCUT2D eigenvalue weighted by Crippen LogP contribution is 2.36. The van der Waals surface area contributed by atoms with E-state index in [0.717, 1.165) is 44.9 Å². The van der Waals surface area contributed by atoms with E-state index in [4.69, 9.17) is 12.2 Å². The van der Waals surface area contributed by atoms with E-state index in [1.807, 2.05) is 0 Å². The number of sulfone groups is 1. The number of carbonyl (C=O) groups excluding carboxylic acids is 2. The first kappa shape index (κ1) is 35.2. The maximum Gasteiger partial charge on any atom is 0.243 e. The van der Waals surface area contributed by atoms with Gasteiger partial charge in [0.1, 0.15) is 17.6 Å². The van der Waals surface area contributed by atoms with Crippen molar-refractivity contribution in [2.45, 2.75) is 113 Å². The fraction of sp³-hybridized carbons (Fsp3) is 0.636. The summed E-state index contributed by atoms with van der Waals surface area (Å²) in [6.45, 7) is 4.71. The lowest BCUT2D eigenvalue weighted by molar-refractivity contribution is -0.131. The second kappa shape index (κ2) is 14.8. The van der Waals surface area contributed by atoms with Crippen LogP contribution in [0, 0.1) is 11.8 Å². The van der Waals surface area contributed by atoms with Crippen LogP contribution in [0.15, 0.2) is 42.9 Å². The summed E-state index contributed by atoms with van der Waals surface area (Å²) in [5.41, 5.74) is -0.870. The van der Waals surface area contributed by atoms with Crippen LogP contribution in [0.3, 0.4) is 0 Å². The number of aliphatic hydroxyl groups excluding tert-OH is 2. The number of rotatable bonds is 15. The zero-order chi connectivity index (χ0) is 32.8. The van der Waals surface area contributed by atoms with Crippen molar-refractivity contribution in [1.82, 2.24) is 20.6 Å². The Bertz CT molecular complexity index is 1390. The Kier molecular flexibility index (Phi) is 11.6. The van der Waals surface area contributed by atoms with Crippen LogP contribution in [-0.2, 0) is 31.3 Å². The molecule has 0 bridgehead atoms. The molecule has 0 aliphatic heterocycles. The number of thiocarbonyl (C=S) groups is 1. The fourth-order valence-electron chi connectivity index (χ4n) is 6.10. The summed E-state index contributed by atoms with van der Waals surface area (Å²) in [7, 11) is -3.86. The molecule has 2 aromatic rings. The molecule has 1 heterocycles. The minimum absolute atomic E-state index is 0.00385. The van der Waals surface area contributed by atoms with Gasteiger partial charge in [0, 0.05) is 12.6 Å². The van der Waals surface area contributed by atoms with Gasteiger partial charge >= 0.3 is 0 Å². The Labute approximate surface area is 272 Å². The van der Waals surface area contributed by atoms with E-state index < -0.39 is 61.9 Å². The molecule has 5 atom stereocenters. The highest BCUT2D eigenvalue weighted by atomic mass is 32.2. The molecule has 0 spiro atoms. The molecule has 0 unspecified atom stereocenters. The molecular formula is C33H48N4O6S2. The van der Waals surface area contributed by atoms with Crippen molar-refractivity contribution in [3.8, 4) is 0 Å². The number of nitrogens with one attached hydrogen (secondary N) is 3. The quantitative estimate of drug-likeness (QED) is 0.182. The number of imidazole rings is 1. The molecule has 12 heteroatoms. The van der Waals surface area contributed by atoms with Gasteiger partial charge in [0.15, 0.2) is 9.84 Å². The average Bonchev–Trinajstić information content (AvgIpc) is 3.74. The van der Waals surface area contributed by atoms with E-state index in [-0.39, 0.29) is 12.3 Å². The first-order chi connectivity index (χ1) is 21.3. The number of amides is 2. The number of carbonyl (C=O) groups is 2. The second-order valence-electron chi connectivity index (χ2n) is 13.8. The molecule has 2 saturated carbocycles. The summed E-state index contributed by atoms with van der Waals surface area (Å²) in [5.74, 6) is -1.57. The van der Waals surface area contributed by atoms with E-state index in [0.29, 0.717) is 23.6 Å². The van der Waals surface area contributed by atoms with Gasteiger partial charge in [0.2, 0.25) is 11.8 Å². The molecular weight excluding hydrogens is 613 g/mol. The van der Waals surface area contributed by atoms with Crippen molar-refractivity contribution >= 4 is 39.2 Å². The monoisotopic (exact) mass is 660 g/mol. The maximum absolute atomic E-state index is 14.3. The largest absolute Gasteiger partial charge is 0.390 e. The Morgan fingerprint density at radius 1 is 1.07 bits per heavy atom. The molecule has 45 heavy (non-hydrogen) atoms. The number of aromatic amines is 1. The lowest BCUT2D eigenvalue weighted by atomic mass is 9.82. The third-order valence-corrected chi connectivity index (χ3v) is 12.4. The summed E-state index contributed by atoms with van der Waals surface area (Å²) in [5, 5.41) is 29.1. The Hall–Kier alpha value is -2.67. The highest BCUT2D eigenvalue weighted by Gasteiger charge is 2.47. The molecule has 2 fully saturated rings. The highest BCUT2D eigenvalue weighted by molar-refractivity contribution is 7.92. The molecule has 1 aromatic carbocycles. The minimum Gasteiger partial charge on any atom is -0.390 e. The smallest absolute Gasteiger partial charge is 0.243 e. The van der Waals surface area contributed by atoms with Gasteiger partial charge < -0.3 is 25.8 Å². The van der Waals surface area contributed by atoms with Gasteiger partial charge in [0.25, 0.3) is 0 Å². The SMILES string of the molecule is CC(C)(C)S(=O)(=O)C[C@@](C=S)(C(=O)N[C@@H](Cc1c[nH]cn1)C(=O)N[C@@H](CC1CCCCC1)[C@@H](O)[C@@H](O)C1CC1)c1ccccc1. The third kappa shape index (κ3) is 8.78. The Morgan fingerprint density at radius 2 is 1.73 bits per heavy atom. The molecule has 2 aliphatic carbocycles. The Balaban J connectivity index is 1.65. The number of benzene rings is 1. The first-order valence-corrected chi connectivity index (χ1v) is 18.1. The topological polar surface area (TPSA) is 161 Å². The van der Waals surface area contributed by atoms with Crippen molar-refractivity contribution in [1.29, 1.82) is 0 Å². The summed E-state index contributed by atoms with van der Waals surface area (Å²) in [6.07, 6.45) is 8.45. The number of H-pyrrole nitrogens is 1. The predicted octanol–water partition coefficient (Wildman–Crippen LogP) is 3.18. The average molecular weight is 661 g/mol. The molecule has 0 saturated heterocycles. The normalized spacial score (nSPS) is 20.3. The van der Waals surface area contributed by atoms with Crippen LogP contribution in [0.5, 0.6) is 0 Å². The zero-order valence-electron chi connectivity index (χ0n) is 26.4. The van der Waals surface area contributed by atoms with Crippen molar-refractivity contribution in [2.24, 2.45) is 11.8 Å². The number of nitrogens with zero attached hydrogens (tertiary/aromatic N) is 1. The van der Waals surface area contributed by atoms with E-state index in [1.165, 1.54) is 11.7 Å². The van der Waals surface area contributed by atoms with E-state index >= 15 is 0 Å². The third-order valence-electron chi connectivity index (χ3n) is 9.34. The van der Waals surface area contributed by atoms with Gasteiger partial charge in [-0.2, -0.15) is 0 Å². The summed E-state index contributed by atoms with van der Waals surface area (Å²) in [6, 6.07) is 6.58. The predicted molar refractivity (Wildman–Crippen MR) is 177 cm³/mol. The molecule has 2 aliphatic rings. The number of hydrogen-bond acceptors (Lipinski definition) is 8. The summed E-state index contributed by atoms with van der Waals surface area (Å²) in [4.78, 5) is 35.5. The van der Waals surface area contributed by atoms with E-state index in [1.54, 1.807) is 57.3 Å². The molecule has 248 valence electrons. The van der Waals surface area contributed by atoms with Crippen LogP contribution in [0.2, 0.25) is 0 Å². The lowest BCUT2D eigenvalue weighted by Crippen LogP contribution is -2.60. The van der Waals surface area contributed by atoms with Gasteiger partial charge in [-0.15, -0.1) is 0 Å². The first-order valence-electron chi connectivity index (χ1n) is 16.0. The van der Waals surface area contributed by atoms with Gasteiger partial charge in [-0.3, -0.25) is 9.59 Å². The van der Waals surface area contributed by atoms with Gasteiger partial charge in [0.05, 0.1) is 34.7 Å². The van der Waals surface area contributed by atoms with Crippen LogP contribution >= 0.6 is 12.2 Å². The van der Waals surface area contributed by atoms with Crippen molar-refractivity contribution in [3.05, 3.63) is 54.1 Å². The van der Waals surface area contributed by atoms with Gasteiger partial charge in [-0.05, 0) is 62.8 Å². The van der Waals surface area contributed by atoms with Crippen LogP contribution in [0.1, 0.15) is 83.4 Å². The Morgan fingerprint density at radius 3 is 2.29 bits per heavy atom. The summed E-state index contributed by atoms with van der Waals surface area (Å²) < 4.78 is 25.9. The van der Waals surface area contributed by atoms with E-state index in [9.17, 15) is 28.2 Å². The number of hydrogen-bond donors (Lipinski definition) is 5. The fourth-order valence-corrected chi connectivity index (χ4v) is 7.94. The lowest BCUT2D eigenvalue weighted by Gasteiger charge is -2.35. The van der Waals surface area contributed by atoms with Crippen molar-refractivity contribution in [3.63, 3.8) is 0 Å². The molecule has 1 aromatic heterocycles. The van der Waals surface area contributed by atoms with Crippen LogP contribution in [0.25, 0.3) is 0 Å². The van der Waals surface area contributed by atoms with Crippen molar-refractivity contribution < 1.29 is 28.2 Å². The van der Waals surface area contributed by atoms with Crippen LogP contribution in [0.4, 0.5) is 0 Å². The molecule has 5 N–H and O–H groups in total. The molecule has 2 amide bonds. The summed E-state index contributed by atoms with van der Waals surface area (Å²) >= 11 is 5.39. The number of aliphatic hydroxyl groups is 2. The maximum atomic E-state index is 14.3.